The molecular weight excluding hydrogens is 312 g/mol. The summed E-state index contributed by atoms with van der Waals surface area (Å²) in [6.07, 6.45) is -1.02. The summed E-state index contributed by atoms with van der Waals surface area (Å²) >= 11 is 5.96. The molecule has 114 valence electrons. The highest BCUT2D eigenvalue weighted by Gasteiger charge is 2.29. The highest BCUT2D eigenvalue weighted by Crippen LogP contribution is 2.38. The number of hydrogen-bond donors (Lipinski definition) is 1. The van der Waals surface area contributed by atoms with Crippen LogP contribution in [-0.2, 0) is 0 Å². The molecule has 0 radical (unpaired) electrons. The van der Waals surface area contributed by atoms with Crippen molar-refractivity contribution in [1.29, 1.82) is 0 Å². The Kier molecular flexibility index (Phi) is 4.02. The molecule has 1 amide bonds. The first-order valence-corrected chi connectivity index (χ1v) is 7.15. The molecule has 1 aromatic carbocycles. The largest absolute Gasteiger partial charge is 0.319 e. The number of benzene rings is 1. The van der Waals surface area contributed by atoms with Crippen LogP contribution in [0.3, 0.4) is 0 Å². The van der Waals surface area contributed by atoms with E-state index in [1.165, 1.54) is 0 Å². The smallest absolute Gasteiger partial charge is 0.280 e. The molecule has 2 aromatic rings. The molecule has 1 heterocycles. The predicted octanol–water partition coefficient (Wildman–Crippen LogP) is 4.20. The third kappa shape index (κ3) is 3.22. The Morgan fingerprint density at radius 1 is 1.27 bits per heavy atom. The van der Waals surface area contributed by atoms with Crippen LogP contribution in [0.25, 0.3) is 0 Å². The lowest BCUT2D eigenvalue weighted by molar-refractivity contribution is 0.102. The van der Waals surface area contributed by atoms with Crippen molar-refractivity contribution in [3.05, 3.63) is 52.6 Å². The number of para-hydroxylation sites is 1. The van der Waals surface area contributed by atoms with E-state index in [9.17, 15) is 13.6 Å². The first-order valence-electron chi connectivity index (χ1n) is 6.77. The van der Waals surface area contributed by atoms with Gasteiger partial charge in [0.25, 0.3) is 12.3 Å². The molecule has 0 aliphatic heterocycles. The van der Waals surface area contributed by atoms with Gasteiger partial charge in [0.2, 0.25) is 0 Å². The van der Waals surface area contributed by atoms with Crippen LogP contribution in [-0.4, -0.2) is 15.9 Å². The van der Waals surface area contributed by atoms with Gasteiger partial charge in [-0.3, -0.25) is 4.79 Å². The highest BCUT2D eigenvalue weighted by molar-refractivity contribution is 6.33. The van der Waals surface area contributed by atoms with E-state index in [2.05, 4.69) is 15.3 Å². The topological polar surface area (TPSA) is 54.9 Å². The summed E-state index contributed by atoms with van der Waals surface area (Å²) in [5, 5.41) is 2.94. The average molecular weight is 324 g/mol. The lowest BCUT2D eigenvalue weighted by atomic mass is 10.2. The van der Waals surface area contributed by atoms with Crippen LogP contribution in [0, 0.1) is 0 Å². The number of anilines is 1. The molecule has 0 atom stereocenters. The molecule has 7 heteroatoms. The fraction of sp³-hybridized carbons (Fsp3) is 0.267. The van der Waals surface area contributed by atoms with E-state index in [-0.39, 0.29) is 11.6 Å². The van der Waals surface area contributed by atoms with Crippen LogP contribution >= 0.6 is 11.6 Å². The van der Waals surface area contributed by atoms with Gasteiger partial charge >= 0.3 is 0 Å². The van der Waals surface area contributed by atoms with Gasteiger partial charge in [0.05, 0.1) is 10.7 Å². The zero-order valence-corrected chi connectivity index (χ0v) is 12.1. The van der Waals surface area contributed by atoms with Gasteiger partial charge in [-0.2, -0.15) is 0 Å². The molecule has 1 fully saturated rings. The number of amides is 1. The van der Waals surface area contributed by atoms with Gasteiger partial charge < -0.3 is 5.32 Å². The third-order valence-electron chi connectivity index (χ3n) is 3.28. The minimum absolute atomic E-state index is 0.0746. The highest BCUT2D eigenvalue weighted by atomic mass is 35.5. The number of nitrogens with one attached hydrogen (secondary N) is 1. The second-order valence-electron chi connectivity index (χ2n) is 5.05. The molecular formula is C15H12ClF2N3O. The summed E-state index contributed by atoms with van der Waals surface area (Å²) in [7, 11) is 0. The molecule has 0 unspecified atom stereocenters. The van der Waals surface area contributed by atoms with Crippen molar-refractivity contribution in [2.45, 2.75) is 25.2 Å². The van der Waals surface area contributed by atoms with Gasteiger partial charge in [-0.25, -0.2) is 18.7 Å². The Hall–Kier alpha value is -2.08. The lowest BCUT2D eigenvalue weighted by Gasteiger charge is -2.09. The second kappa shape index (κ2) is 5.96. The van der Waals surface area contributed by atoms with Crippen molar-refractivity contribution >= 4 is 23.2 Å². The fourth-order valence-corrected chi connectivity index (χ4v) is 2.17. The van der Waals surface area contributed by atoms with Crippen LogP contribution in [0.15, 0.2) is 30.3 Å². The van der Waals surface area contributed by atoms with Crippen molar-refractivity contribution in [3.63, 3.8) is 0 Å². The van der Waals surface area contributed by atoms with E-state index in [0.29, 0.717) is 16.5 Å². The average Bonchev–Trinajstić information content (AvgIpc) is 3.34. The number of alkyl halides is 2. The summed E-state index contributed by atoms with van der Waals surface area (Å²) in [6, 6.07) is 7.70. The Bertz CT molecular complexity index is 699. The lowest BCUT2D eigenvalue weighted by Crippen LogP contribution is -2.16. The van der Waals surface area contributed by atoms with Gasteiger partial charge in [-0.15, -0.1) is 0 Å². The van der Waals surface area contributed by atoms with E-state index >= 15 is 0 Å². The van der Waals surface area contributed by atoms with Crippen molar-refractivity contribution in [2.75, 3.05) is 5.32 Å². The maximum atomic E-state index is 12.9. The van der Waals surface area contributed by atoms with E-state index in [0.717, 1.165) is 18.9 Å². The number of rotatable bonds is 4. The zero-order chi connectivity index (χ0) is 15.7. The first kappa shape index (κ1) is 14.8. The predicted molar refractivity (Wildman–Crippen MR) is 78.4 cm³/mol. The molecule has 22 heavy (non-hydrogen) atoms. The molecule has 0 saturated heterocycles. The van der Waals surface area contributed by atoms with Crippen LogP contribution in [0.5, 0.6) is 0 Å². The van der Waals surface area contributed by atoms with Crippen LogP contribution in [0.4, 0.5) is 14.5 Å². The van der Waals surface area contributed by atoms with Crippen LogP contribution in [0.1, 0.15) is 47.2 Å². The van der Waals surface area contributed by atoms with Crippen molar-refractivity contribution in [3.8, 4) is 0 Å². The maximum absolute atomic E-state index is 12.9. The molecule has 4 nitrogen and oxygen atoms in total. The van der Waals surface area contributed by atoms with E-state index in [1.54, 1.807) is 24.3 Å². The fourth-order valence-electron chi connectivity index (χ4n) is 1.99. The molecule has 0 bridgehead atoms. The van der Waals surface area contributed by atoms with Crippen LogP contribution in [0.2, 0.25) is 5.02 Å². The molecule has 1 aromatic heterocycles. The van der Waals surface area contributed by atoms with Gasteiger partial charge in [-0.1, -0.05) is 23.7 Å². The van der Waals surface area contributed by atoms with Crippen molar-refractivity contribution in [2.24, 2.45) is 0 Å². The number of hydrogen-bond acceptors (Lipinski definition) is 3. The van der Waals surface area contributed by atoms with Crippen molar-refractivity contribution in [1.82, 2.24) is 9.97 Å². The van der Waals surface area contributed by atoms with Crippen LogP contribution < -0.4 is 5.32 Å². The Labute approximate surface area is 130 Å². The summed E-state index contributed by atoms with van der Waals surface area (Å²) < 4.78 is 25.8. The summed E-state index contributed by atoms with van der Waals surface area (Å²) in [5.41, 5.74) is -0.104. The number of carbonyl (C=O) groups excluding carboxylic acids is 1. The molecule has 0 spiro atoms. The molecule has 1 aliphatic rings. The summed E-state index contributed by atoms with van der Waals surface area (Å²) in [6.45, 7) is 0. The van der Waals surface area contributed by atoms with Crippen molar-refractivity contribution < 1.29 is 13.6 Å². The third-order valence-corrected chi connectivity index (χ3v) is 3.61. The standard InChI is InChI=1S/C15H12ClF2N3O/c16-9-3-1-2-4-10(9)21-15(22)12-7-11(13(17)18)19-14(20-12)8-5-6-8/h1-4,7-8,13H,5-6H2,(H,21,22). The van der Waals surface area contributed by atoms with E-state index in [4.69, 9.17) is 11.6 Å². The number of halogens is 3. The van der Waals surface area contributed by atoms with E-state index < -0.39 is 18.0 Å². The number of aromatic nitrogens is 2. The summed E-state index contributed by atoms with van der Waals surface area (Å²) in [5.74, 6) is -0.202. The maximum Gasteiger partial charge on any atom is 0.280 e. The Balaban J connectivity index is 1.89. The number of nitrogens with zero attached hydrogens (tertiary/aromatic N) is 2. The first-order chi connectivity index (χ1) is 10.5. The minimum Gasteiger partial charge on any atom is -0.319 e. The molecule has 1 saturated carbocycles. The normalized spacial score (nSPS) is 14.2. The minimum atomic E-state index is -2.74. The van der Waals surface area contributed by atoms with Gasteiger partial charge in [0.1, 0.15) is 17.2 Å². The van der Waals surface area contributed by atoms with Gasteiger partial charge in [0.15, 0.2) is 0 Å². The van der Waals surface area contributed by atoms with Gasteiger partial charge in [-0.05, 0) is 31.0 Å². The van der Waals surface area contributed by atoms with E-state index in [1.807, 2.05) is 0 Å². The molecule has 1 aliphatic carbocycles. The summed E-state index contributed by atoms with van der Waals surface area (Å²) in [4.78, 5) is 20.2. The monoisotopic (exact) mass is 323 g/mol. The SMILES string of the molecule is O=C(Nc1ccccc1Cl)c1cc(C(F)F)nc(C2CC2)n1. The Morgan fingerprint density at radius 2 is 2.00 bits per heavy atom. The second-order valence-corrected chi connectivity index (χ2v) is 5.45. The molecule has 1 N–H and O–H groups in total. The zero-order valence-electron chi connectivity index (χ0n) is 11.4. The Morgan fingerprint density at radius 3 is 2.64 bits per heavy atom. The quantitative estimate of drug-likeness (QED) is 0.917. The molecule has 3 rings (SSSR count). The number of carbonyl (C=O) groups is 1. The van der Waals surface area contributed by atoms with Gasteiger partial charge in [0, 0.05) is 5.92 Å².